The van der Waals surface area contributed by atoms with Crippen molar-refractivity contribution in [1.82, 2.24) is 9.88 Å². The standard InChI is InChI=1S/C9H8ClF3N4O2S/c1-17(2)4-14-8-15-5(3-20-8)6(7(10)18)16-19-9(11,12)13/h3-4H,1-2H3/b14-4?,16-6+. The Morgan fingerprint density at radius 2 is 2.20 bits per heavy atom. The first-order valence-corrected chi connectivity index (χ1v) is 6.14. The van der Waals surface area contributed by atoms with Crippen LogP contribution in [0.5, 0.6) is 0 Å². The highest BCUT2D eigenvalue weighted by Crippen LogP contribution is 2.21. The lowest BCUT2D eigenvalue weighted by atomic mass is 10.3. The fourth-order valence-corrected chi connectivity index (χ4v) is 1.65. The predicted molar refractivity (Wildman–Crippen MR) is 68.5 cm³/mol. The molecule has 11 heteroatoms. The van der Waals surface area contributed by atoms with Crippen molar-refractivity contribution < 1.29 is 22.8 Å². The summed E-state index contributed by atoms with van der Waals surface area (Å²) in [5.74, 6) is 0. The van der Waals surface area contributed by atoms with E-state index in [2.05, 4.69) is 20.0 Å². The first-order chi connectivity index (χ1) is 9.19. The smallest absolute Gasteiger partial charge is 0.369 e. The van der Waals surface area contributed by atoms with Crippen LogP contribution < -0.4 is 0 Å². The molecule has 0 amide bonds. The fraction of sp³-hybridized carbons (Fsp3) is 0.333. The molecule has 0 radical (unpaired) electrons. The minimum absolute atomic E-state index is 0.148. The van der Waals surface area contributed by atoms with Crippen LogP contribution in [0.1, 0.15) is 5.69 Å². The van der Waals surface area contributed by atoms with Gasteiger partial charge in [0.15, 0.2) is 5.71 Å². The molecule has 0 saturated heterocycles. The van der Waals surface area contributed by atoms with E-state index < -0.39 is 17.3 Å². The second-order valence-corrected chi connectivity index (χ2v) is 4.65. The van der Waals surface area contributed by atoms with Crippen LogP contribution in [0.4, 0.5) is 18.3 Å². The number of alkyl halides is 3. The Kier molecular flexibility index (Phi) is 5.45. The van der Waals surface area contributed by atoms with Crippen molar-refractivity contribution in [3.05, 3.63) is 11.1 Å². The van der Waals surface area contributed by atoms with E-state index in [0.717, 1.165) is 11.3 Å². The quantitative estimate of drug-likeness (QED) is 0.360. The largest absolute Gasteiger partial charge is 0.593 e. The van der Waals surface area contributed by atoms with E-state index in [9.17, 15) is 18.0 Å². The molecular formula is C9H8ClF3N4O2S. The van der Waals surface area contributed by atoms with Crippen molar-refractivity contribution >= 4 is 45.4 Å². The lowest BCUT2D eigenvalue weighted by Gasteiger charge is -2.02. The van der Waals surface area contributed by atoms with Gasteiger partial charge < -0.3 is 4.90 Å². The number of aliphatic imine (C=N–C) groups is 1. The Bertz CT molecular complexity index is 542. The minimum Gasteiger partial charge on any atom is -0.369 e. The summed E-state index contributed by atoms with van der Waals surface area (Å²) in [6.45, 7) is 0. The van der Waals surface area contributed by atoms with Gasteiger partial charge >= 0.3 is 6.36 Å². The van der Waals surface area contributed by atoms with Gasteiger partial charge in [0.1, 0.15) is 5.69 Å². The molecule has 0 bridgehead atoms. The van der Waals surface area contributed by atoms with Crippen molar-refractivity contribution in [3.63, 3.8) is 0 Å². The summed E-state index contributed by atoms with van der Waals surface area (Å²) in [5, 5.41) is 2.97. The van der Waals surface area contributed by atoms with Gasteiger partial charge in [0, 0.05) is 19.5 Å². The van der Waals surface area contributed by atoms with Gasteiger partial charge in [-0.2, -0.15) is 0 Å². The molecule has 0 unspecified atom stereocenters. The molecule has 1 aromatic heterocycles. The van der Waals surface area contributed by atoms with Crippen LogP contribution in [-0.4, -0.2) is 47.6 Å². The number of oxime groups is 1. The van der Waals surface area contributed by atoms with Crippen LogP contribution >= 0.6 is 22.9 Å². The average molecular weight is 329 g/mol. The summed E-state index contributed by atoms with van der Waals surface area (Å²) < 4.78 is 35.6. The molecule has 0 spiro atoms. The molecule has 6 nitrogen and oxygen atoms in total. The zero-order valence-corrected chi connectivity index (χ0v) is 11.8. The summed E-state index contributed by atoms with van der Waals surface area (Å²) in [4.78, 5) is 23.6. The molecule has 0 aromatic carbocycles. The molecule has 110 valence electrons. The number of hydrogen-bond acceptors (Lipinski definition) is 6. The van der Waals surface area contributed by atoms with Crippen molar-refractivity contribution in [2.45, 2.75) is 6.36 Å². The molecule has 1 aromatic rings. The van der Waals surface area contributed by atoms with E-state index in [-0.39, 0.29) is 10.8 Å². The van der Waals surface area contributed by atoms with Crippen LogP contribution in [0.2, 0.25) is 0 Å². The molecule has 1 rings (SSSR count). The molecule has 0 aliphatic rings. The third kappa shape index (κ3) is 5.53. The summed E-state index contributed by atoms with van der Waals surface area (Å²) in [5.41, 5.74) is -0.892. The maximum absolute atomic E-state index is 11.9. The lowest BCUT2D eigenvalue weighted by Crippen LogP contribution is -2.15. The Hall–Kier alpha value is -1.68. The highest BCUT2D eigenvalue weighted by atomic mass is 35.5. The first kappa shape index (κ1) is 16.4. The molecule has 20 heavy (non-hydrogen) atoms. The van der Waals surface area contributed by atoms with Crippen molar-refractivity contribution in [2.75, 3.05) is 14.1 Å². The molecule has 0 fully saturated rings. The summed E-state index contributed by atoms with van der Waals surface area (Å²) in [6, 6.07) is 0. The Morgan fingerprint density at radius 1 is 1.55 bits per heavy atom. The van der Waals surface area contributed by atoms with Gasteiger partial charge in [0.25, 0.3) is 5.24 Å². The average Bonchev–Trinajstić information content (AvgIpc) is 2.73. The summed E-state index contributed by atoms with van der Waals surface area (Å²) in [7, 11) is 3.45. The van der Waals surface area contributed by atoms with Crippen molar-refractivity contribution in [1.29, 1.82) is 0 Å². The van der Waals surface area contributed by atoms with Crippen LogP contribution in [0.25, 0.3) is 0 Å². The van der Waals surface area contributed by atoms with Gasteiger partial charge in [-0.15, -0.1) is 24.5 Å². The van der Waals surface area contributed by atoms with Gasteiger partial charge in [-0.25, -0.2) is 9.98 Å². The number of rotatable bonds is 5. The predicted octanol–water partition coefficient (Wildman–Crippen LogP) is 2.37. The monoisotopic (exact) mass is 328 g/mol. The maximum atomic E-state index is 11.9. The maximum Gasteiger partial charge on any atom is 0.593 e. The lowest BCUT2D eigenvalue weighted by molar-refractivity contribution is -0.325. The SMILES string of the molecule is CN(C)C=Nc1nc(/C(=N\OC(F)(F)F)C(=O)Cl)cs1. The van der Waals surface area contributed by atoms with Gasteiger partial charge in [-0.1, -0.05) is 5.16 Å². The Balaban J connectivity index is 2.97. The Labute approximate surface area is 120 Å². The van der Waals surface area contributed by atoms with Gasteiger partial charge in [0.05, 0.1) is 6.34 Å². The Morgan fingerprint density at radius 3 is 2.70 bits per heavy atom. The number of halogens is 4. The fourth-order valence-electron chi connectivity index (χ4n) is 0.878. The zero-order chi connectivity index (χ0) is 15.3. The van der Waals surface area contributed by atoms with Crippen LogP contribution in [-0.2, 0) is 9.63 Å². The van der Waals surface area contributed by atoms with E-state index in [1.807, 2.05) is 0 Å². The van der Waals surface area contributed by atoms with Crippen LogP contribution in [0.3, 0.4) is 0 Å². The van der Waals surface area contributed by atoms with E-state index >= 15 is 0 Å². The third-order valence-electron chi connectivity index (χ3n) is 1.56. The second-order valence-electron chi connectivity index (χ2n) is 3.47. The third-order valence-corrected chi connectivity index (χ3v) is 2.49. The van der Waals surface area contributed by atoms with Crippen molar-refractivity contribution in [3.8, 4) is 0 Å². The van der Waals surface area contributed by atoms with E-state index in [0.29, 0.717) is 0 Å². The molecule has 0 aliphatic carbocycles. The highest BCUT2D eigenvalue weighted by Gasteiger charge is 2.32. The number of thiazole rings is 1. The normalized spacial score (nSPS) is 12.8. The van der Waals surface area contributed by atoms with E-state index in [1.165, 1.54) is 11.7 Å². The first-order valence-electron chi connectivity index (χ1n) is 4.88. The highest BCUT2D eigenvalue weighted by molar-refractivity contribution is 7.13. The molecule has 1 heterocycles. The van der Waals surface area contributed by atoms with Gasteiger partial charge in [-0.3, -0.25) is 9.63 Å². The topological polar surface area (TPSA) is 67.2 Å². The molecule has 0 N–H and O–H groups in total. The van der Waals surface area contributed by atoms with Gasteiger partial charge in [-0.05, 0) is 11.6 Å². The summed E-state index contributed by atoms with van der Waals surface area (Å²) in [6.07, 6.45) is -3.58. The van der Waals surface area contributed by atoms with Crippen LogP contribution in [0.15, 0.2) is 15.5 Å². The number of carbonyl (C=O) groups is 1. The van der Waals surface area contributed by atoms with E-state index in [4.69, 9.17) is 11.6 Å². The number of hydrogen-bond donors (Lipinski definition) is 0. The summed E-state index contributed by atoms with van der Waals surface area (Å²) >= 11 is 6.15. The molecular weight excluding hydrogens is 321 g/mol. The van der Waals surface area contributed by atoms with E-state index in [1.54, 1.807) is 19.0 Å². The number of aromatic nitrogens is 1. The van der Waals surface area contributed by atoms with Crippen molar-refractivity contribution in [2.24, 2.45) is 10.1 Å². The minimum atomic E-state index is -5.01. The number of carbonyl (C=O) groups excluding carboxylic acids is 1. The molecule has 0 aliphatic heterocycles. The second kappa shape index (κ2) is 6.66. The molecule has 0 atom stereocenters. The van der Waals surface area contributed by atoms with Gasteiger partial charge in [0.2, 0.25) is 5.13 Å². The number of nitrogens with zero attached hydrogens (tertiary/aromatic N) is 4. The zero-order valence-electron chi connectivity index (χ0n) is 10.2. The van der Waals surface area contributed by atoms with Crippen LogP contribution in [0, 0.1) is 0 Å². The molecule has 0 saturated carbocycles.